The molecular weight excluding hydrogens is 262 g/mol. The Morgan fingerprint density at radius 1 is 1.45 bits per heavy atom. The van der Waals surface area contributed by atoms with Crippen LogP contribution in [0.5, 0.6) is 0 Å². The Balaban J connectivity index is 1.81. The van der Waals surface area contributed by atoms with E-state index in [0.29, 0.717) is 32.5 Å². The molecule has 0 aromatic carbocycles. The monoisotopic (exact) mass is 281 g/mol. The van der Waals surface area contributed by atoms with Gasteiger partial charge in [0.05, 0.1) is 12.5 Å². The quantitative estimate of drug-likeness (QED) is 0.757. The number of carbonyl (C=O) groups excluding carboxylic acids is 2. The maximum Gasteiger partial charge on any atom is 0.309 e. The van der Waals surface area contributed by atoms with E-state index in [1.54, 1.807) is 11.8 Å². The predicted molar refractivity (Wildman–Crippen MR) is 70.4 cm³/mol. The van der Waals surface area contributed by atoms with Gasteiger partial charge in [-0.15, -0.1) is 5.10 Å². The largest absolute Gasteiger partial charge is 0.466 e. The summed E-state index contributed by atoms with van der Waals surface area (Å²) in [5.74, 6) is -0.152. The average molecular weight is 281 g/mol. The maximum absolute atomic E-state index is 12.1. The zero-order chi connectivity index (χ0) is 14.5. The first-order valence-corrected chi connectivity index (χ1v) is 6.69. The smallest absolute Gasteiger partial charge is 0.309 e. The van der Waals surface area contributed by atoms with Crippen LogP contribution in [0.2, 0.25) is 0 Å². The molecule has 0 unspecified atom stereocenters. The van der Waals surface area contributed by atoms with Crippen molar-refractivity contribution in [3.63, 3.8) is 0 Å². The van der Waals surface area contributed by atoms with E-state index in [0.717, 1.165) is 0 Å². The van der Waals surface area contributed by atoms with Gasteiger partial charge < -0.3 is 15.4 Å². The van der Waals surface area contributed by atoms with Gasteiger partial charge in [0.2, 0.25) is 11.9 Å². The van der Waals surface area contributed by atoms with Gasteiger partial charge in [0.15, 0.2) is 0 Å². The van der Waals surface area contributed by atoms with Crippen molar-refractivity contribution >= 4 is 17.8 Å². The zero-order valence-corrected chi connectivity index (χ0v) is 11.5. The summed E-state index contributed by atoms with van der Waals surface area (Å²) in [5.41, 5.74) is 5.39. The zero-order valence-electron chi connectivity index (χ0n) is 11.5. The van der Waals surface area contributed by atoms with Crippen molar-refractivity contribution in [3.8, 4) is 0 Å². The maximum atomic E-state index is 12.1. The van der Waals surface area contributed by atoms with Crippen LogP contribution in [0.3, 0.4) is 0 Å². The molecule has 1 saturated heterocycles. The van der Waals surface area contributed by atoms with Crippen LogP contribution in [0.25, 0.3) is 0 Å². The summed E-state index contributed by atoms with van der Waals surface area (Å²) < 4.78 is 6.41. The normalized spacial score (nSPS) is 16.1. The first-order valence-electron chi connectivity index (χ1n) is 6.69. The molecule has 0 aliphatic carbocycles. The fourth-order valence-electron chi connectivity index (χ4n) is 2.25. The van der Waals surface area contributed by atoms with E-state index in [-0.39, 0.29) is 30.3 Å². The van der Waals surface area contributed by atoms with Crippen LogP contribution >= 0.6 is 0 Å². The highest BCUT2D eigenvalue weighted by Crippen LogP contribution is 2.18. The second kappa shape index (κ2) is 6.36. The average Bonchev–Trinajstić information content (AvgIpc) is 2.84. The van der Waals surface area contributed by atoms with Gasteiger partial charge in [-0.2, -0.15) is 0 Å². The molecule has 0 spiro atoms. The van der Waals surface area contributed by atoms with E-state index < -0.39 is 0 Å². The van der Waals surface area contributed by atoms with Crippen molar-refractivity contribution in [2.24, 2.45) is 5.92 Å². The number of nitrogens with zero attached hydrogens (tertiary/aromatic N) is 4. The number of ether oxygens (including phenoxy) is 1. The molecule has 0 bridgehead atoms. The molecule has 20 heavy (non-hydrogen) atoms. The summed E-state index contributed by atoms with van der Waals surface area (Å²) >= 11 is 0. The number of rotatable bonds is 4. The molecule has 0 saturated carbocycles. The topological polar surface area (TPSA) is 103 Å². The first-order chi connectivity index (χ1) is 9.60. The molecule has 0 radical (unpaired) electrons. The number of amides is 1. The fourth-order valence-corrected chi connectivity index (χ4v) is 2.25. The van der Waals surface area contributed by atoms with Gasteiger partial charge >= 0.3 is 5.97 Å². The van der Waals surface area contributed by atoms with Crippen molar-refractivity contribution < 1.29 is 14.3 Å². The van der Waals surface area contributed by atoms with E-state index in [2.05, 4.69) is 10.1 Å². The van der Waals surface area contributed by atoms with Crippen molar-refractivity contribution in [1.29, 1.82) is 0 Å². The SMILES string of the molecule is CCOC(=O)C1CCN(C(=O)Cn2cnc(N)n2)CC1. The van der Waals surface area contributed by atoms with Crippen molar-refractivity contribution in [2.75, 3.05) is 25.4 Å². The number of hydrogen-bond acceptors (Lipinski definition) is 6. The molecule has 110 valence electrons. The summed E-state index contributed by atoms with van der Waals surface area (Å²) in [6, 6.07) is 0. The van der Waals surface area contributed by atoms with Crippen molar-refractivity contribution in [2.45, 2.75) is 26.3 Å². The van der Waals surface area contributed by atoms with Gasteiger partial charge in [-0.1, -0.05) is 0 Å². The number of piperidine rings is 1. The van der Waals surface area contributed by atoms with Crippen LogP contribution in [-0.2, 0) is 20.9 Å². The van der Waals surface area contributed by atoms with Crippen molar-refractivity contribution in [3.05, 3.63) is 6.33 Å². The molecular formula is C12H19N5O3. The number of anilines is 1. The molecule has 1 aliphatic rings. The molecule has 1 amide bonds. The third kappa shape index (κ3) is 3.46. The molecule has 2 heterocycles. The number of hydrogen-bond donors (Lipinski definition) is 1. The Bertz CT molecular complexity index is 479. The molecule has 1 aromatic rings. The standard InChI is InChI=1S/C12H19N5O3/c1-2-20-11(19)9-3-5-16(6-4-9)10(18)7-17-8-14-12(13)15-17/h8-9H,2-7H2,1H3,(H2,13,15). The Morgan fingerprint density at radius 2 is 2.15 bits per heavy atom. The lowest BCUT2D eigenvalue weighted by atomic mass is 9.97. The highest BCUT2D eigenvalue weighted by Gasteiger charge is 2.28. The van der Waals surface area contributed by atoms with Crippen LogP contribution in [0.4, 0.5) is 5.95 Å². The summed E-state index contributed by atoms with van der Waals surface area (Å²) in [6.45, 7) is 3.43. The Labute approximate surface area is 116 Å². The lowest BCUT2D eigenvalue weighted by Crippen LogP contribution is -2.42. The third-order valence-electron chi connectivity index (χ3n) is 3.32. The molecule has 1 fully saturated rings. The lowest BCUT2D eigenvalue weighted by molar-refractivity contribution is -0.151. The number of aromatic nitrogens is 3. The molecule has 8 nitrogen and oxygen atoms in total. The van der Waals surface area contributed by atoms with Crippen LogP contribution in [0.15, 0.2) is 6.33 Å². The van der Waals surface area contributed by atoms with E-state index >= 15 is 0 Å². The molecule has 1 aliphatic heterocycles. The molecule has 2 N–H and O–H groups in total. The highest BCUT2D eigenvalue weighted by atomic mass is 16.5. The van der Waals surface area contributed by atoms with Gasteiger partial charge in [0.25, 0.3) is 0 Å². The predicted octanol–water partition coefficient (Wildman–Crippen LogP) is -0.338. The second-order valence-electron chi connectivity index (χ2n) is 4.71. The van der Waals surface area contributed by atoms with Gasteiger partial charge in [0, 0.05) is 13.1 Å². The minimum Gasteiger partial charge on any atom is -0.466 e. The van der Waals surface area contributed by atoms with Crippen molar-refractivity contribution in [1.82, 2.24) is 19.7 Å². The van der Waals surface area contributed by atoms with Crippen LogP contribution in [-0.4, -0.2) is 51.2 Å². The minimum atomic E-state index is -0.163. The molecule has 1 aromatic heterocycles. The summed E-state index contributed by atoms with van der Waals surface area (Å²) in [7, 11) is 0. The highest BCUT2D eigenvalue weighted by molar-refractivity contribution is 5.77. The van der Waals surface area contributed by atoms with E-state index in [4.69, 9.17) is 10.5 Å². The van der Waals surface area contributed by atoms with Crippen LogP contribution in [0, 0.1) is 5.92 Å². The summed E-state index contributed by atoms with van der Waals surface area (Å²) in [6.07, 6.45) is 2.72. The van der Waals surface area contributed by atoms with Gasteiger partial charge in [0.1, 0.15) is 12.9 Å². The Hall–Kier alpha value is -2.12. The van der Waals surface area contributed by atoms with Gasteiger partial charge in [-0.25, -0.2) is 9.67 Å². The summed E-state index contributed by atoms with van der Waals surface area (Å²) in [5, 5.41) is 3.87. The van der Waals surface area contributed by atoms with E-state index in [1.165, 1.54) is 11.0 Å². The summed E-state index contributed by atoms with van der Waals surface area (Å²) in [4.78, 5) is 29.2. The minimum absolute atomic E-state index is 0.0443. The number of likely N-dealkylation sites (tertiary alicyclic amines) is 1. The lowest BCUT2D eigenvalue weighted by Gasteiger charge is -2.30. The molecule has 0 atom stereocenters. The van der Waals surface area contributed by atoms with Crippen LogP contribution < -0.4 is 5.73 Å². The number of nitrogen functional groups attached to an aromatic ring is 1. The van der Waals surface area contributed by atoms with E-state index in [9.17, 15) is 9.59 Å². The number of esters is 1. The van der Waals surface area contributed by atoms with E-state index in [1.807, 2.05) is 0 Å². The molecule has 8 heteroatoms. The molecule has 2 rings (SSSR count). The van der Waals surface area contributed by atoms with Gasteiger partial charge in [-0.05, 0) is 19.8 Å². The van der Waals surface area contributed by atoms with Crippen LogP contribution in [0.1, 0.15) is 19.8 Å². The fraction of sp³-hybridized carbons (Fsp3) is 0.667. The first kappa shape index (κ1) is 14.3. The third-order valence-corrected chi connectivity index (χ3v) is 3.32. The second-order valence-corrected chi connectivity index (χ2v) is 4.71. The van der Waals surface area contributed by atoms with Gasteiger partial charge in [-0.3, -0.25) is 9.59 Å². The Kier molecular flexibility index (Phi) is 4.54. The number of carbonyl (C=O) groups is 2. The Morgan fingerprint density at radius 3 is 2.70 bits per heavy atom. The number of nitrogens with two attached hydrogens (primary N) is 1.